The van der Waals surface area contributed by atoms with E-state index in [2.05, 4.69) is 23.6 Å². The number of fused-ring (bicyclic) bond motifs is 3. The van der Waals surface area contributed by atoms with E-state index in [0.717, 1.165) is 48.7 Å². The lowest BCUT2D eigenvalue weighted by molar-refractivity contribution is 0.0424. The molecule has 2 aromatic heterocycles. The number of benzene rings is 1. The standard InChI is InChI=1S/C28H32FN3O2.CH3FO/c1-4-14-34-21-10-8-18(9-11-21)19-12-13-32-24(15-19)27-22(16-25(31(2)3)28(27)30-32)26-20(17-33)6-5-7-23(26)29;2-1-3/h4-7,12-13,15,17-18,21-22,25H,1,8-11,14,16H2,2-3H3;3H,1H2. The summed E-state index contributed by atoms with van der Waals surface area (Å²) in [5.74, 6) is -0.0597. The molecule has 2 atom stereocenters. The minimum atomic E-state index is -1.25. The van der Waals surface area contributed by atoms with E-state index in [-0.39, 0.29) is 17.8 Å². The quantitative estimate of drug-likeness (QED) is 0.332. The summed E-state index contributed by atoms with van der Waals surface area (Å²) in [5, 5.41) is 11.8. The molecule has 0 amide bonds. The van der Waals surface area contributed by atoms with Gasteiger partial charge in [0.25, 0.3) is 0 Å². The second-order valence-electron chi connectivity index (χ2n) is 9.93. The van der Waals surface area contributed by atoms with Gasteiger partial charge in [0, 0.05) is 28.8 Å². The fourth-order valence-electron chi connectivity index (χ4n) is 5.92. The van der Waals surface area contributed by atoms with Gasteiger partial charge in [-0.25, -0.2) is 13.3 Å². The number of aldehydes is 1. The molecule has 2 unspecified atom stereocenters. The van der Waals surface area contributed by atoms with E-state index in [1.807, 2.05) is 30.9 Å². The first-order valence-electron chi connectivity index (χ1n) is 12.7. The largest absolute Gasteiger partial charge is 0.374 e. The van der Waals surface area contributed by atoms with Crippen LogP contribution in [0.4, 0.5) is 8.78 Å². The Morgan fingerprint density at radius 1 is 1.22 bits per heavy atom. The maximum absolute atomic E-state index is 15.1. The molecule has 1 fully saturated rings. The molecule has 1 saturated carbocycles. The highest BCUT2D eigenvalue weighted by molar-refractivity contribution is 5.79. The predicted molar refractivity (Wildman–Crippen MR) is 139 cm³/mol. The van der Waals surface area contributed by atoms with Gasteiger partial charge in [-0.1, -0.05) is 18.2 Å². The zero-order valence-corrected chi connectivity index (χ0v) is 21.4. The number of hydrogen-bond donors (Lipinski definition) is 1. The van der Waals surface area contributed by atoms with E-state index >= 15 is 4.39 Å². The summed E-state index contributed by atoms with van der Waals surface area (Å²) < 4.78 is 32.7. The molecular formula is C29H35F2N3O3. The monoisotopic (exact) mass is 511 g/mol. The lowest BCUT2D eigenvalue weighted by Crippen LogP contribution is -2.21. The number of aliphatic hydroxyl groups excluding tert-OH is 1. The number of ether oxygens (including phenoxy) is 1. The maximum atomic E-state index is 15.1. The highest BCUT2D eigenvalue weighted by atomic mass is 19.1. The number of nitrogens with zero attached hydrogens (tertiary/aromatic N) is 3. The fraction of sp³-hybridized carbons (Fsp3) is 0.448. The molecule has 0 bridgehead atoms. The van der Waals surface area contributed by atoms with Gasteiger partial charge in [0.15, 0.2) is 6.86 Å². The van der Waals surface area contributed by atoms with Gasteiger partial charge in [-0.15, -0.1) is 6.58 Å². The SMILES string of the molecule is C=CCOC1CCC(c2ccn3nc4c(c3c2)C(c2c(F)cccc2C=O)CC4N(C)C)CC1.OCF. The van der Waals surface area contributed by atoms with E-state index in [1.54, 1.807) is 12.1 Å². The molecule has 8 heteroatoms. The lowest BCUT2D eigenvalue weighted by atomic mass is 9.82. The van der Waals surface area contributed by atoms with E-state index in [0.29, 0.717) is 36.2 Å². The normalized spacial score (nSPS) is 23.0. The van der Waals surface area contributed by atoms with Crippen LogP contribution in [0.15, 0.2) is 49.2 Å². The lowest BCUT2D eigenvalue weighted by Gasteiger charge is -2.28. The molecule has 0 radical (unpaired) electrons. The molecule has 6 nitrogen and oxygen atoms in total. The van der Waals surface area contributed by atoms with Crippen molar-refractivity contribution in [2.75, 3.05) is 27.6 Å². The molecule has 0 aliphatic heterocycles. The number of carbonyl (C=O) groups is 1. The van der Waals surface area contributed by atoms with Gasteiger partial charge < -0.3 is 14.7 Å². The van der Waals surface area contributed by atoms with Crippen LogP contribution >= 0.6 is 0 Å². The highest BCUT2D eigenvalue weighted by Crippen LogP contribution is 2.49. The van der Waals surface area contributed by atoms with E-state index in [1.165, 1.54) is 11.6 Å². The van der Waals surface area contributed by atoms with Gasteiger partial charge in [-0.05, 0) is 75.9 Å². The van der Waals surface area contributed by atoms with Crippen molar-refractivity contribution in [1.82, 2.24) is 14.5 Å². The molecule has 37 heavy (non-hydrogen) atoms. The Labute approximate surface area is 216 Å². The molecule has 2 aliphatic rings. The smallest absolute Gasteiger partial charge is 0.185 e. The van der Waals surface area contributed by atoms with Crippen LogP contribution in [-0.2, 0) is 4.74 Å². The summed E-state index contributed by atoms with van der Waals surface area (Å²) in [5.41, 5.74) is 5.26. The highest BCUT2D eigenvalue weighted by Gasteiger charge is 2.40. The number of pyridine rings is 1. The average molecular weight is 512 g/mol. The van der Waals surface area contributed by atoms with Crippen molar-refractivity contribution in [3.63, 3.8) is 0 Å². The first-order chi connectivity index (χ1) is 17.9. The van der Waals surface area contributed by atoms with Crippen molar-refractivity contribution >= 4 is 11.8 Å². The van der Waals surface area contributed by atoms with Crippen molar-refractivity contribution < 1.29 is 23.4 Å². The Morgan fingerprint density at radius 3 is 2.59 bits per heavy atom. The molecule has 1 N–H and O–H groups in total. The van der Waals surface area contributed by atoms with Crippen LogP contribution in [0.25, 0.3) is 5.52 Å². The molecule has 3 aromatic rings. The van der Waals surface area contributed by atoms with Crippen LogP contribution in [-0.4, -0.2) is 59.6 Å². The molecule has 0 saturated heterocycles. The number of hydrogen-bond acceptors (Lipinski definition) is 5. The number of aliphatic hydroxyl groups is 1. The minimum Gasteiger partial charge on any atom is -0.374 e. The zero-order chi connectivity index (χ0) is 26.5. The van der Waals surface area contributed by atoms with Crippen LogP contribution in [0.1, 0.15) is 82.7 Å². The maximum Gasteiger partial charge on any atom is 0.185 e. The van der Waals surface area contributed by atoms with Crippen LogP contribution in [0.3, 0.4) is 0 Å². The molecule has 2 heterocycles. The number of halogens is 2. The van der Waals surface area contributed by atoms with E-state index in [9.17, 15) is 9.18 Å². The van der Waals surface area contributed by atoms with Gasteiger partial charge in [0.2, 0.25) is 0 Å². The van der Waals surface area contributed by atoms with Gasteiger partial charge in [0.05, 0.1) is 30.0 Å². The second-order valence-corrected chi connectivity index (χ2v) is 9.93. The average Bonchev–Trinajstić information content (AvgIpc) is 3.45. The topological polar surface area (TPSA) is 67.1 Å². The van der Waals surface area contributed by atoms with Crippen molar-refractivity contribution in [2.45, 2.75) is 56.1 Å². The summed E-state index contributed by atoms with van der Waals surface area (Å²) in [4.78, 5) is 13.9. The van der Waals surface area contributed by atoms with Crippen LogP contribution in [0, 0.1) is 5.82 Å². The van der Waals surface area contributed by atoms with Gasteiger partial charge in [0.1, 0.15) is 12.1 Å². The Hall–Kier alpha value is -2.94. The Balaban J connectivity index is 0.00000102. The number of rotatable bonds is 7. The minimum absolute atomic E-state index is 0.0694. The zero-order valence-electron chi connectivity index (χ0n) is 21.4. The summed E-state index contributed by atoms with van der Waals surface area (Å²) in [7, 11) is 4.06. The fourth-order valence-corrected chi connectivity index (χ4v) is 5.92. The van der Waals surface area contributed by atoms with Gasteiger partial charge in [-0.3, -0.25) is 4.79 Å². The van der Waals surface area contributed by atoms with Crippen LogP contribution in [0.5, 0.6) is 0 Å². The molecule has 5 rings (SSSR count). The predicted octanol–water partition coefficient (Wildman–Crippen LogP) is 5.56. The number of carbonyl (C=O) groups excluding carboxylic acids is 1. The Kier molecular flexibility index (Phi) is 8.84. The summed E-state index contributed by atoms with van der Waals surface area (Å²) in [6.45, 7) is 3.10. The molecule has 198 valence electrons. The van der Waals surface area contributed by atoms with Crippen molar-refractivity contribution in [2.24, 2.45) is 0 Å². The van der Waals surface area contributed by atoms with Crippen LogP contribution in [0.2, 0.25) is 0 Å². The Morgan fingerprint density at radius 2 is 1.95 bits per heavy atom. The van der Waals surface area contributed by atoms with Crippen molar-refractivity contribution in [3.8, 4) is 0 Å². The van der Waals surface area contributed by atoms with Crippen molar-refractivity contribution in [3.05, 3.63) is 82.9 Å². The van der Waals surface area contributed by atoms with E-state index in [4.69, 9.17) is 14.9 Å². The molecule has 1 aromatic carbocycles. The van der Waals surface area contributed by atoms with Crippen LogP contribution < -0.4 is 0 Å². The second kappa shape index (κ2) is 12.1. The summed E-state index contributed by atoms with van der Waals surface area (Å²) in [6, 6.07) is 9.25. The van der Waals surface area contributed by atoms with Gasteiger partial charge in [-0.2, -0.15) is 5.10 Å². The molecule has 0 spiro atoms. The van der Waals surface area contributed by atoms with Crippen molar-refractivity contribution in [1.29, 1.82) is 0 Å². The third-order valence-corrected chi connectivity index (χ3v) is 7.63. The molecular weight excluding hydrogens is 476 g/mol. The number of aromatic nitrogens is 2. The third-order valence-electron chi connectivity index (χ3n) is 7.63. The first kappa shape index (κ1) is 27.1. The molecule has 2 aliphatic carbocycles. The first-order valence-corrected chi connectivity index (χ1v) is 12.7. The summed E-state index contributed by atoms with van der Waals surface area (Å²) >= 11 is 0. The summed E-state index contributed by atoms with van der Waals surface area (Å²) in [6.07, 6.45) is 9.89. The third kappa shape index (κ3) is 5.51. The number of alkyl halides is 1. The van der Waals surface area contributed by atoms with Gasteiger partial charge >= 0.3 is 0 Å². The van der Waals surface area contributed by atoms with E-state index < -0.39 is 6.86 Å². The Bertz CT molecular complexity index is 1230.